The van der Waals surface area contributed by atoms with Gasteiger partial charge in [-0.2, -0.15) is 9.41 Å². The summed E-state index contributed by atoms with van der Waals surface area (Å²) in [5.41, 5.74) is 3.04. The van der Waals surface area contributed by atoms with E-state index in [4.69, 9.17) is 21.1 Å². The van der Waals surface area contributed by atoms with Crippen LogP contribution < -0.4 is 14.9 Å². The molecule has 0 aromatic heterocycles. The Kier molecular flexibility index (Phi) is 6.96. The van der Waals surface area contributed by atoms with E-state index in [9.17, 15) is 13.2 Å². The van der Waals surface area contributed by atoms with Crippen LogP contribution in [0.15, 0.2) is 52.5 Å². The van der Waals surface area contributed by atoms with Gasteiger partial charge in [-0.1, -0.05) is 11.6 Å². The van der Waals surface area contributed by atoms with Crippen LogP contribution in [0.4, 0.5) is 0 Å². The van der Waals surface area contributed by atoms with E-state index < -0.39 is 22.0 Å². The van der Waals surface area contributed by atoms with Gasteiger partial charge in [-0.3, -0.25) is 4.79 Å². The van der Waals surface area contributed by atoms with E-state index in [1.54, 1.807) is 25.3 Å². The van der Waals surface area contributed by atoms with Crippen molar-refractivity contribution >= 4 is 33.7 Å². The Morgan fingerprint density at radius 2 is 1.93 bits per heavy atom. The van der Waals surface area contributed by atoms with Gasteiger partial charge in [0.15, 0.2) is 0 Å². The number of nitrogens with one attached hydrogen (secondary N) is 1. The first kappa shape index (κ1) is 22.1. The van der Waals surface area contributed by atoms with E-state index in [2.05, 4.69) is 10.5 Å². The molecule has 0 spiro atoms. The Morgan fingerprint density at radius 3 is 2.60 bits per heavy atom. The van der Waals surface area contributed by atoms with Crippen molar-refractivity contribution in [3.63, 3.8) is 0 Å². The van der Waals surface area contributed by atoms with Crippen LogP contribution in [-0.2, 0) is 14.8 Å². The van der Waals surface area contributed by atoms with Gasteiger partial charge in [0.2, 0.25) is 10.0 Å². The van der Waals surface area contributed by atoms with Crippen LogP contribution in [0.5, 0.6) is 11.5 Å². The molecule has 10 heteroatoms. The molecule has 2 aromatic carbocycles. The largest absolute Gasteiger partial charge is 0.497 e. The second kappa shape index (κ2) is 9.46. The fourth-order valence-electron chi connectivity index (χ4n) is 3.21. The normalized spacial score (nSPS) is 17.2. The summed E-state index contributed by atoms with van der Waals surface area (Å²) in [6.07, 6.45) is 2.42. The number of methoxy groups -OCH3 is 2. The molecule has 0 bridgehead atoms. The summed E-state index contributed by atoms with van der Waals surface area (Å²) in [7, 11) is -0.756. The molecule has 8 nitrogen and oxygen atoms in total. The first-order chi connectivity index (χ1) is 14.4. The molecule has 3 rings (SSSR count). The third-order valence-corrected chi connectivity index (χ3v) is 6.92. The van der Waals surface area contributed by atoms with Crippen LogP contribution in [-0.4, -0.2) is 51.7 Å². The summed E-state index contributed by atoms with van der Waals surface area (Å²) in [5.74, 6) is 0.671. The highest BCUT2D eigenvalue weighted by molar-refractivity contribution is 7.89. The van der Waals surface area contributed by atoms with Gasteiger partial charge < -0.3 is 9.47 Å². The zero-order valence-corrected chi connectivity index (χ0v) is 18.1. The van der Waals surface area contributed by atoms with E-state index >= 15 is 0 Å². The maximum atomic E-state index is 12.9. The Balaban J connectivity index is 1.73. The van der Waals surface area contributed by atoms with Gasteiger partial charge in [-0.05, 0) is 55.3 Å². The fourth-order valence-corrected chi connectivity index (χ4v) is 4.99. The minimum Gasteiger partial charge on any atom is -0.497 e. The molecule has 160 valence electrons. The molecule has 1 aliphatic heterocycles. The number of carbonyl (C=O) groups is 1. The maximum Gasteiger partial charge on any atom is 0.258 e. The number of hydrogen-bond donors (Lipinski definition) is 1. The molecule has 0 saturated carbocycles. The molecule has 0 aliphatic carbocycles. The quantitative estimate of drug-likeness (QED) is 0.515. The predicted molar refractivity (Wildman–Crippen MR) is 114 cm³/mol. The Morgan fingerprint density at radius 1 is 1.20 bits per heavy atom. The van der Waals surface area contributed by atoms with Crippen LogP contribution >= 0.6 is 11.6 Å². The number of halogens is 1. The number of sulfonamides is 1. The highest BCUT2D eigenvalue weighted by atomic mass is 35.5. The van der Waals surface area contributed by atoms with E-state index in [0.717, 1.165) is 0 Å². The number of benzene rings is 2. The number of hydrogen-bond acceptors (Lipinski definition) is 6. The molecular formula is C20H22ClN3O5S. The number of hydrazone groups is 1. The van der Waals surface area contributed by atoms with Gasteiger partial charge in [0.1, 0.15) is 17.5 Å². The summed E-state index contributed by atoms with van der Waals surface area (Å²) in [6.45, 7) is 0.260. The monoisotopic (exact) mass is 451 g/mol. The second-order valence-corrected chi connectivity index (χ2v) is 8.90. The Labute approximate surface area is 180 Å². The third kappa shape index (κ3) is 4.75. The lowest BCUT2D eigenvalue weighted by Crippen LogP contribution is -2.44. The van der Waals surface area contributed by atoms with Crippen molar-refractivity contribution < 1.29 is 22.7 Å². The molecule has 1 amide bonds. The van der Waals surface area contributed by atoms with E-state index in [0.29, 0.717) is 34.9 Å². The number of rotatable bonds is 7. The SMILES string of the molecule is COc1ccc(OC)c(/C=N\NC(=O)[C@@H]2CCCN2S(=O)(=O)c2ccc(Cl)cc2)c1. The molecule has 1 heterocycles. The number of carbonyl (C=O) groups excluding carboxylic acids is 1. The molecule has 1 atom stereocenters. The van der Waals surface area contributed by atoms with Crippen LogP contribution in [0.3, 0.4) is 0 Å². The van der Waals surface area contributed by atoms with Crippen molar-refractivity contribution in [2.75, 3.05) is 20.8 Å². The number of nitrogens with zero attached hydrogens (tertiary/aromatic N) is 2. The van der Waals surface area contributed by atoms with E-state index in [-0.39, 0.29) is 11.4 Å². The maximum absolute atomic E-state index is 12.9. The molecule has 1 aliphatic rings. The van der Waals surface area contributed by atoms with Gasteiger partial charge in [0.05, 0.1) is 25.3 Å². The molecule has 0 unspecified atom stereocenters. The van der Waals surface area contributed by atoms with E-state index in [1.807, 2.05) is 0 Å². The van der Waals surface area contributed by atoms with Gasteiger partial charge in [-0.25, -0.2) is 13.8 Å². The highest BCUT2D eigenvalue weighted by Crippen LogP contribution is 2.27. The average molecular weight is 452 g/mol. The third-order valence-electron chi connectivity index (χ3n) is 4.74. The standard InChI is InChI=1S/C20H22ClN3O5S/c1-28-16-7-10-19(29-2)14(12-16)13-22-23-20(25)18-4-3-11-24(18)30(26,27)17-8-5-15(21)6-9-17/h5-10,12-13,18H,3-4,11H2,1-2H3,(H,23,25)/b22-13-/t18-/m0/s1. The van der Waals surface area contributed by atoms with Crippen molar-refractivity contribution in [3.05, 3.63) is 53.1 Å². The smallest absolute Gasteiger partial charge is 0.258 e. The van der Waals surface area contributed by atoms with Gasteiger partial charge >= 0.3 is 0 Å². The average Bonchev–Trinajstić information content (AvgIpc) is 3.25. The number of ether oxygens (including phenoxy) is 2. The zero-order chi connectivity index (χ0) is 21.7. The molecule has 1 fully saturated rings. The molecule has 0 radical (unpaired) electrons. The first-order valence-electron chi connectivity index (χ1n) is 9.19. The van der Waals surface area contributed by atoms with Gasteiger partial charge in [0, 0.05) is 17.1 Å². The molecule has 1 saturated heterocycles. The summed E-state index contributed by atoms with van der Waals surface area (Å²) in [4.78, 5) is 12.7. The first-order valence-corrected chi connectivity index (χ1v) is 11.0. The molecular weight excluding hydrogens is 430 g/mol. The summed E-state index contributed by atoms with van der Waals surface area (Å²) in [5, 5.41) is 4.41. The molecule has 30 heavy (non-hydrogen) atoms. The minimum absolute atomic E-state index is 0.0937. The summed E-state index contributed by atoms with van der Waals surface area (Å²) in [6, 6.07) is 10.2. The van der Waals surface area contributed by atoms with Crippen molar-refractivity contribution in [2.24, 2.45) is 5.10 Å². The van der Waals surface area contributed by atoms with Crippen molar-refractivity contribution in [2.45, 2.75) is 23.8 Å². The van der Waals surface area contributed by atoms with Crippen LogP contribution in [0.25, 0.3) is 0 Å². The molecule has 1 N–H and O–H groups in total. The zero-order valence-electron chi connectivity index (χ0n) is 16.5. The van der Waals surface area contributed by atoms with Crippen molar-refractivity contribution in [1.29, 1.82) is 0 Å². The van der Waals surface area contributed by atoms with E-state index in [1.165, 1.54) is 41.9 Å². The topological polar surface area (TPSA) is 97.3 Å². The Hall–Kier alpha value is -2.62. The lowest BCUT2D eigenvalue weighted by Gasteiger charge is -2.22. The lowest BCUT2D eigenvalue weighted by molar-refractivity contribution is -0.124. The van der Waals surface area contributed by atoms with Crippen molar-refractivity contribution in [3.8, 4) is 11.5 Å². The van der Waals surface area contributed by atoms with Crippen LogP contribution in [0, 0.1) is 0 Å². The summed E-state index contributed by atoms with van der Waals surface area (Å²) < 4.78 is 37.5. The number of amides is 1. The Bertz CT molecular complexity index is 1040. The highest BCUT2D eigenvalue weighted by Gasteiger charge is 2.39. The van der Waals surface area contributed by atoms with Gasteiger partial charge in [0.25, 0.3) is 5.91 Å². The molecule has 2 aromatic rings. The van der Waals surface area contributed by atoms with Crippen LogP contribution in [0.1, 0.15) is 18.4 Å². The minimum atomic E-state index is -3.82. The second-order valence-electron chi connectivity index (χ2n) is 6.57. The van der Waals surface area contributed by atoms with Gasteiger partial charge in [-0.15, -0.1) is 0 Å². The van der Waals surface area contributed by atoms with Crippen molar-refractivity contribution in [1.82, 2.24) is 9.73 Å². The summed E-state index contributed by atoms with van der Waals surface area (Å²) >= 11 is 5.84. The van der Waals surface area contributed by atoms with Crippen LogP contribution in [0.2, 0.25) is 5.02 Å². The predicted octanol–water partition coefficient (Wildman–Crippen LogP) is 2.66. The fraction of sp³-hybridized carbons (Fsp3) is 0.300. The lowest BCUT2D eigenvalue weighted by atomic mass is 10.2.